The van der Waals surface area contributed by atoms with Crippen LogP contribution in [-0.4, -0.2) is 22.9 Å². The van der Waals surface area contributed by atoms with E-state index in [0.29, 0.717) is 35.1 Å². The number of nitrogens with one attached hydrogen (secondary N) is 1. The average Bonchev–Trinajstić information content (AvgIpc) is 3.24. The molecule has 0 aliphatic rings. The van der Waals surface area contributed by atoms with Crippen LogP contribution in [0.2, 0.25) is 0 Å². The van der Waals surface area contributed by atoms with Gasteiger partial charge >= 0.3 is 0 Å². The number of oxazole rings is 1. The Labute approximate surface area is 191 Å². The van der Waals surface area contributed by atoms with Gasteiger partial charge in [-0.3, -0.25) is 9.78 Å². The highest BCUT2D eigenvalue weighted by Crippen LogP contribution is 2.29. The average molecular weight is 437 g/mol. The van der Waals surface area contributed by atoms with Crippen molar-refractivity contribution in [2.24, 2.45) is 0 Å². The molecule has 164 valence electrons. The Morgan fingerprint density at radius 2 is 1.82 bits per heavy atom. The summed E-state index contributed by atoms with van der Waals surface area (Å²) in [5.74, 6) is 1.80. The smallest absolute Gasteiger partial charge is 0.269 e. The monoisotopic (exact) mass is 437 g/mol. The van der Waals surface area contributed by atoms with E-state index in [9.17, 15) is 4.79 Å². The summed E-state index contributed by atoms with van der Waals surface area (Å²) in [6, 6.07) is 23.7. The highest BCUT2D eigenvalue weighted by Gasteiger charge is 2.14. The van der Waals surface area contributed by atoms with Crippen LogP contribution in [0.15, 0.2) is 83.4 Å². The van der Waals surface area contributed by atoms with Gasteiger partial charge in [-0.05, 0) is 40.5 Å². The van der Waals surface area contributed by atoms with E-state index >= 15 is 0 Å². The van der Waals surface area contributed by atoms with Gasteiger partial charge in [0.1, 0.15) is 22.7 Å². The van der Waals surface area contributed by atoms with E-state index in [0.717, 1.165) is 5.52 Å². The van der Waals surface area contributed by atoms with E-state index in [1.807, 2.05) is 18.2 Å². The molecule has 2 heterocycles. The van der Waals surface area contributed by atoms with Crippen LogP contribution in [0.4, 0.5) is 0 Å². The SMILES string of the molecule is CNC(=O)c1cc(Oc2ccc3nc(C[C@@H](C)c4ccc5ccccc5c4)oc3c2)ccn1. The molecule has 1 N–H and O–H groups in total. The number of fused-ring (bicyclic) bond motifs is 2. The Morgan fingerprint density at radius 1 is 1.00 bits per heavy atom. The van der Waals surface area contributed by atoms with Crippen LogP contribution in [0.1, 0.15) is 34.8 Å². The number of hydrogen-bond donors (Lipinski definition) is 1. The highest BCUT2D eigenvalue weighted by molar-refractivity contribution is 5.92. The maximum Gasteiger partial charge on any atom is 0.269 e. The minimum absolute atomic E-state index is 0.262. The number of rotatable bonds is 6. The maximum atomic E-state index is 11.8. The second-order valence-electron chi connectivity index (χ2n) is 8.01. The Balaban J connectivity index is 1.34. The van der Waals surface area contributed by atoms with Crippen molar-refractivity contribution in [3.8, 4) is 11.5 Å². The van der Waals surface area contributed by atoms with Crippen LogP contribution in [0.25, 0.3) is 21.9 Å². The van der Waals surface area contributed by atoms with Crippen molar-refractivity contribution < 1.29 is 13.9 Å². The summed E-state index contributed by atoms with van der Waals surface area (Å²) in [6.45, 7) is 2.18. The Bertz CT molecular complexity index is 1460. The van der Waals surface area contributed by atoms with Gasteiger partial charge in [-0.1, -0.05) is 49.4 Å². The summed E-state index contributed by atoms with van der Waals surface area (Å²) in [4.78, 5) is 20.5. The van der Waals surface area contributed by atoms with E-state index in [1.165, 1.54) is 16.3 Å². The third-order valence-electron chi connectivity index (χ3n) is 5.65. The van der Waals surface area contributed by atoms with Crippen molar-refractivity contribution in [1.29, 1.82) is 0 Å². The summed E-state index contributed by atoms with van der Waals surface area (Å²) in [5.41, 5.74) is 2.99. The molecule has 0 aliphatic heterocycles. The molecule has 3 aromatic carbocycles. The zero-order chi connectivity index (χ0) is 22.8. The molecule has 5 rings (SSSR count). The van der Waals surface area contributed by atoms with Crippen LogP contribution in [0, 0.1) is 0 Å². The van der Waals surface area contributed by atoms with Crippen LogP contribution in [-0.2, 0) is 6.42 Å². The number of benzene rings is 3. The van der Waals surface area contributed by atoms with Gasteiger partial charge in [-0.25, -0.2) is 4.98 Å². The third kappa shape index (κ3) is 4.41. The molecule has 2 aromatic heterocycles. The van der Waals surface area contributed by atoms with Gasteiger partial charge in [0.2, 0.25) is 0 Å². The second-order valence-corrected chi connectivity index (χ2v) is 8.01. The first-order valence-electron chi connectivity index (χ1n) is 10.8. The topological polar surface area (TPSA) is 77.2 Å². The van der Waals surface area contributed by atoms with Crippen molar-refractivity contribution >= 4 is 27.8 Å². The molecule has 0 saturated heterocycles. The predicted octanol–water partition coefficient (Wildman–Crippen LogP) is 5.87. The first kappa shape index (κ1) is 20.7. The number of carbonyl (C=O) groups is 1. The Kier molecular flexibility index (Phi) is 5.48. The second kappa shape index (κ2) is 8.74. The predicted molar refractivity (Wildman–Crippen MR) is 128 cm³/mol. The fraction of sp³-hybridized carbons (Fsp3) is 0.148. The third-order valence-corrected chi connectivity index (χ3v) is 5.65. The lowest BCUT2D eigenvalue weighted by Gasteiger charge is -2.10. The van der Waals surface area contributed by atoms with Gasteiger partial charge in [-0.2, -0.15) is 0 Å². The minimum atomic E-state index is -0.267. The molecule has 5 aromatic rings. The Hall–Kier alpha value is -4.19. The zero-order valence-corrected chi connectivity index (χ0v) is 18.4. The van der Waals surface area contributed by atoms with Crippen LogP contribution in [0.3, 0.4) is 0 Å². The lowest BCUT2D eigenvalue weighted by Crippen LogP contribution is -2.18. The van der Waals surface area contributed by atoms with Crippen molar-refractivity contribution in [3.63, 3.8) is 0 Å². The molecule has 0 bridgehead atoms. The largest absolute Gasteiger partial charge is 0.457 e. The molecular weight excluding hydrogens is 414 g/mol. The number of carbonyl (C=O) groups excluding carboxylic acids is 1. The van der Waals surface area contributed by atoms with E-state index in [-0.39, 0.29) is 11.8 Å². The van der Waals surface area contributed by atoms with Crippen LogP contribution >= 0.6 is 0 Å². The number of pyridine rings is 1. The summed E-state index contributed by atoms with van der Waals surface area (Å²) >= 11 is 0. The molecule has 0 saturated carbocycles. The number of nitrogens with zero attached hydrogens (tertiary/aromatic N) is 2. The molecule has 6 nitrogen and oxygen atoms in total. The molecule has 0 spiro atoms. The van der Waals surface area contributed by atoms with E-state index in [4.69, 9.17) is 9.15 Å². The van der Waals surface area contributed by atoms with Gasteiger partial charge in [0.25, 0.3) is 5.91 Å². The highest BCUT2D eigenvalue weighted by atomic mass is 16.5. The molecule has 0 unspecified atom stereocenters. The summed E-state index contributed by atoms with van der Waals surface area (Å²) in [7, 11) is 1.56. The van der Waals surface area contributed by atoms with E-state index < -0.39 is 0 Å². The van der Waals surface area contributed by atoms with Gasteiger partial charge in [0, 0.05) is 31.8 Å². The summed E-state index contributed by atoms with van der Waals surface area (Å²) in [6.07, 6.45) is 2.24. The van der Waals surface area contributed by atoms with Gasteiger partial charge in [-0.15, -0.1) is 0 Å². The van der Waals surface area contributed by atoms with Crippen LogP contribution < -0.4 is 10.1 Å². The normalized spacial score (nSPS) is 12.1. The van der Waals surface area contributed by atoms with Crippen LogP contribution in [0.5, 0.6) is 11.5 Å². The lowest BCUT2D eigenvalue weighted by atomic mass is 9.95. The number of amides is 1. The summed E-state index contributed by atoms with van der Waals surface area (Å²) in [5, 5.41) is 5.02. The molecular formula is C27H23N3O3. The first-order chi connectivity index (χ1) is 16.1. The number of aromatic nitrogens is 2. The Morgan fingerprint density at radius 3 is 2.67 bits per heavy atom. The summed E-state index contributed by atoms with van der Waals surface area (Å²) < 4.78 is 12.0. The van der Waals surface area contributed by atoms with Crippen molar-refractivity contribution in [3.05, 3.63) is 96.1 Å². The molecule has 1 atom stereocenters. The number of ether oxygens (including phenoxy) is 1. The maximum absolute atomic E-state index is 11.8. The van der Waals surface area contributed by atoms with Crippen molar-refractivity contribution in [2.45, 2.75) is 19.3 Å². The van der Waals surface area contributed by atoms with Crippen molar-refractivity contribution in [1.82, 2.24) is 15.3 Å². The molecule has 0 fully saturated rings. The zero-order valence-electron chi connectivity index (χ0n) is 18.4. The van der Waals surface area contributed by atoms with Gasteiger partial charge < -0.3 is 14.5 Å². The minimum Gasteiger partial charge on any atom is -0.457 e. The molecule has 33 heavy (non-hydrogen) atoms. The van der Waals surface area contributed by atoms with Gasteiger partial charge in [0.05, 0.1) is 0 Å². The molecule has 0 aliphatic carbocycles. The quantitative estimate of drug-likeness (QED) is 0.359. The molecule has 0 radical (unpaired) electrons. The first-order valence-corrected chi connectivity index (χ1v) is 10.8. The van der Waals surface area contributed by atoms with Gasteiger partial charge in [0.15, 0.2) is 11.5 Å². The number of hydrogen-bond acceptors (Lipinski definition) is 5. The standard InChI is InChI=1S/C27H23N3O3/c1-17(19-8-7-18-5-3-4-6-20(18)14-19)13-26-30-23-10-9-21(16-25(23)33-26)32-22-11-12-29-24(15-22)27(31)28-2/h3-12,14-17H,13H2,1-2H3,(H,28,31)/t17-/m1/s1. The molecule has 1 amide bonds. The lowest BCUT2D eigenvalue weighted by molar-refractivity contribution is 0.0958. The fourth-order valence-electron chi connectivity index (χ4n) is 3.86. The van der Waals surface area contributed by atoms with E-state index in [1.54, 1.807) is 25.4 Å². The fourth-order valence-corrected chi connectivity index (χ4v) is 3.86. The molecule has 6 heteroatoms. The van der Waals surface area contributed by atoms with Crippen molar-refractivity contribution in [2.75, 3.05) is 7.05 Å². The van der Waals surface area contributed by atoms with E-state index in [2.05, 4.69) is 64.7 Å².